The van der Waals surface area contributed by atoms with Gasteiger partial charge in [-0.25, -0.2) is 0 Å². The Balaban J connectivity index is -0.000000500. The van der Waals surface area contributed by atoms with E-state index in [0.717, 1.165) is 6.42 Å². The van der Waals surface area contributed by atoms with Crippen molar-refractivity contribution in [3.63, 3.8) is 0 Å². The Labute approximate surface area is 100 Å². The Bertz CT molecular complexity index is 123. The maximum absolute atomic E-state index is 10.4. The summed E-state index contributed by atoms with van der Waals surface area (Å²) in [7, 11) is 0. The summed E-state index contributed by atoms with van der Waals surface area (Å²) >= 11 is 0. The molecule has 0 rings (SSSR count). The number of carboxylic acids is 1. The van der Waals surface area contributed by atoms with Gasteiger partial charge in [-0.15, -0.1) is 0 Å². The summed E-state index contributed by atoms with van der Waals surface area (Å²) in [6.45, 7) is 2.55. The topological polar surface area (TPSA) is 101 Å². The number of nitrogens with one attached hydrogen (secondary N) is 1. The molecule has 13 heavy (non-hydrogen) atoms. The molecule has 0 aromatic heterocycles. The van der Waals surface area contributed by atoms with Gasteiger partial charge in [0, 0.05) is 36.2 Å². The maximum atomic E-state index is 10.4. The van der Waals surface area contributed by atoms with Crippen LogP contribution in [0.3, 0.4) is 0 Å². The number of aliphatic hydroxyl groups excluding tert-OH is 1. The first-order valence-corrected chi connectivity index (χ1v) is 3.79. The number of rotatable bonds is 6. The van der Waals surface area contributed by atoms with Crippen LogP contribution < -0.4 is 5.32 Å². The number of aliphatic hydroxyl groups is 1. The minimum atomic E-state index is -0.896. The fourth-order valence-electron chi connectivity index (χ4n) is 0.761. The summed E-state index contributed by atoms with van der Waals surface area (Å²) in [6.07, 6.45) is 1.17. The normalized spacial score (nSPS) is 10.9. The first kappa shape index (κ1) is 19.0. The first-order valence-electron chi connectivity index (χ1n) is 3.79. The van der Waals surface area contributed by atoms with Gasteiger partial charge in [0.15, 0.2) is 0 Å². The summed E-state index contributed by atoms with van der Waals surface area (Å²) in [5, 5.41) is 19.8. The Morgan fingerprint density at radius 2 is 2.08 bits per heavy atom. The summed E-state index contributed by atoms with van der Waals surface area (Å²) in [6, 6.07) is -0.597. The first-order chi connectivity index (χ1) is 5.22. The average Bonchev–Trinajstić information content (AvgIpc) is 1.97. The fraction of sp³-hybridized carbons (Fsp3) is 0.857. The van der Waals surface area contributed by atoms with Crippen molar-refractivity contribution in [2.45, 2.75) is 25.8 Å². The van der Waals surface area contributed by atoms with E-state index in [4.69, 9.17) is 10.2 Å². The predicted octanol–water partition coefficient (Wildman–Crippen LogP) is -1.38. The van der Waals surface area contributed by atoms with Crippen molar-refractivity contribution in [1.29, 1.82) is 0 Å². The van der Waals surface area contributed by atoms with Crippen LogP contribution in [0.4, 0.5) is 0 Å². The van der Waals surface area contributed by atoms with Gasteiger partial charge in [-0.1, -0.05) is 6.92 Å². The smallest absolute Gasteiger partial charge is 0.320 e. The molecule has 0 fully saturated rings. The van der Waals surface area contributed by atoms with E-state index in [1.807, 2.05) is 6.92 Å². The minimum Gasteiger partial charge on any atom is -0.480 e. The van der Waals surface area contributed by atoms with Crippen molar-refractivity contribution < 1.29 is 20.5 Å². The molecule has 0 amide bonds. The molecule has 0 bridgehead atoms. The molecule has 5 N–H and O–H groups in total. The van der Waals surface area contributed by atoms with Gasteiger partial charge in [0.2, 0.25) is 0 Å². The second-order valence-corrected chi connectivity index (χ2v) is 2.36. The van der Waals surface area contributed by atoms with Crippen LogP contribution >= 0.6 is 0 Å². The standard InChI is InChI=1S/C7H15NO3.Na.H2O/c1-2-4-8-6(3-5-9)7(10)11;;/h6,8-9H,2-5H2,1H3,(H,10,11);;1H2/t6-;;/m0../s1. The average molecular weight is 202 g/mol. The molecule has 0 aliphatic rings. The molecule has 0 aliphatic heterocycles. The van der Waals surface area contributed by atoms with Crippen LogP contribution in [0.5, 0.6) is 0 Å². The van der Waals surface area contributed by atoms with E-state index in [1.54, 1.807) is 0 Å². The van der Waals surface area contributed by atoms with E-state index in [2.05, 4.69) is 5.32 Å². The van der Waals surface area contributed by atoms with Gasteiger partial charge in [0.1, 0.15) is 6.04 Å². The molecule has 5 nitrogen and oxygen atoms in total. The summed E-state index contributed by atoms with van der Waals surface area (Å²) in [4.78, 5) is 10.4. The number of carbonyl (C=O) groups is 1. The van der Waals surface area contributed by atoms with Crippen molar-refractivity contribution in [3.05, 3.63) is 0 Å². The molecule has 0 aromatic rings. The van der Waals surface area contributed by atoms with E-state index in [-0.39, 0.29) is 48.1 Å². The molecule has 6 heteroatoms. The summed E-state index contributed by atoms with van der Waals surface area (Å²) in [5.74, 6) is -0.896. The zero-order valence-electron chi connectivity index (χ0n) is 8.21. The third-order valence-electron chi connectivity index (χ3n) is 1.36. The minimum absolute atomic E-state index is 0. The largest absolute Gasteiger partial charge is 0.480 e. The van der Waals surface area contributed by atoms with E-state index in [0.29, 0.717) is 6.54 Å². The second-order valence-electron chi connectivity index (χ2n) is 2.36. The summed E-state index contributed by atoms with van der Waals surface area (Å²) in [5.41, 5.74) is 0. The zero-order valence-corrected chi connectivity index (χ0v) is 10.2. The monoisotopic (exact) mass is 202 g/mol. The predicted molar refractivity (Wildman–Crippen MR) is 50.8 cm³/mol. The summed E-state index contributed by atoms with van der Waals surface area (Å²) < 4.78 is 0. The molecule has 0 heterocycles. The van der Waals surface area contributed by atoms with Gasteiger partial charge in [-0.3, -0.25) is 4.79 Å². The van der Waals surface area contributed by atoms with Crippen molar-refractivity contribution in [3.8, 4) is 0 Å². The molecule has 1 atom stereocenters. The Morgan fingerprint density at radius 3 is 2.38 bits per heavy atom. The number of hydrogen-bond acceptors (Lipinski definition) is 3. The van der Waals surface area contributed by atoms with E-state index < -0.39 is 12.0 Å². The Hall–Kier alpha value is 0.350. The van der Waals surface area contributed by atoms with Crippen LogP contribution in [0.1, 0.15) is 19.8 Å². The van der Waals surface area contributed by atoms with Crippen LogP contribution in [0.25, 0.3) is 0 Å². The number of carboxylic acid groups (broad SMARTS) is 1. The molecule has 0 spiro atoms. The van der Waals surface area contributed by atoms with Crippen LogP contribution in [-0.2, 0) is 4.79 Å². The van der Waals surface area contributed by atoms with Gasteiger partial charge in [0.25, 0.3) is 0 Å². The van der Waals surface area contributed by atoms with Gasteiger partial charge < -0.3 is 21.0 Å². The molecular formula is C7H17NNaO4. The zero-order chi connectivity index (χ0) is 8.69. The second kappa shape index (κ2) is 12.3. The molecule has 1 radical (unpaired) electrons. The Kier molecular flexibility index (Phi) is 18.1. The van der Waals surface area contributed by atoms with Crippen LogP contribution in [0.15, 0.2) is 0 Å². The van der Waals surface area contributed by atoms with E-state index in [1.165, 1.54) is 0 Å². The van der Waals surface area contributed by atoms with Crippen LogP contribution in [-0.4, -0.2) is 70.4 Å². The Morgan fingerprint density at radius 1 is 1.54 bits per heavy atom. The number of hydrogen-bond donors (Lipinski definition) is 3. The molecule has 0 saturated carbocycles. The van der Waals surface area contributed by atoms with Crippen molar-refractivity contribution in [2.75, 3.05) is 13.2 Å². The van der Waals surface area contributed by atoms with Gasteiger partial charge in [-0.2, -0.15) is 0 Å². The van der Waals surface area contributed by atoms with Crippen molar-refractivity contribution >= 4 is 35.5 Å². The SMILES string of the molecule is CCCN[C@@H](CCO)C(=O)O.O.[Na]. The molecule has 0 saturated heterocycles. The van der Waals surface area contributed by atoms with Crippen LogP contribution in [0, 0.1) is 0 Å². The van der Waals surface area contributed by atoms with Crippen molar-refractivity contribution in [2.24, 2.45) is 0 Å². The molecule has 0 aliphatic carbocycles. The third kappa shape index (κ3) is 10.3. The maximum Gasteiger partial charge on any atom is 0.320 e. The molecular weight excluding hydrogens is 185 g/mol. The molecule has 75 valence electrons. The van der Waals surface area contributed by atoms with Gasteiger partial charge in [0.05, 0.1) is 0 Å². The quantitative estimate of drug-likeness (QED) is 0.462. The molecule has 0 aromatic carbocycles. The molecule has 0 unspecified atom stereocenters. The van der Waals surface area contributed by atoms with Crippen LogP contribution in [0.2, 0.25) is 0 Å². The number of aliphatic carboxylic acids is 1. The van der Waals surface area contributed by atoms with E-state index in [9.17, 15) is 4.79 Å². The van der Waals surface area contributed by atoms with E-state index >= 15 is 0 Å². The van der Waals surface area contributed by atoms with Gasteiger partial charge >= 0.3 is 5.97 Å². The third-order valence-corrected chi connectivity index (χ3v) is 1.36. The fourth-order valence-corrected chi connectivity index (χ4v) is 0.761. The van der Waals surface area contributed by atoms with Gasteiger partial charge in [-0.05, 0) is 19.4 Å². The van der Waals surface area contributed by atoms with Crippen molar-refractivity contribution in [1.82, 2.24) is 5.32 Å².